The SMILES string of the molecule is FC(F)Nc1ccc(Br)cn1. The van der Waals surface area contributed by atoms with Crippen LogP contribution in [0, 0.1) is 0 Å². The molecule has 1 aromatic rings. The lowest BCUT2D eigenvalue weighted by atomic mass is 10.5. The summed E-state index contributed by atoms with van der Waals surface area (Å²) in [4.78, 5) is 3.68. The van der Waals surface area contributed by atoms with E-state index in [1.807, 2.05) is 5.32 Å². The van der Waals surface area contributed by atoms with Gasteiger partial charge in [0.25, 0.3) is 0 Å². The number of aromatic nitrogens is 1. The summed E-state index contributed by atoms with van der Waals surface area (Å²) in [5.41, 5.74) is 0. The first-order valence-corrected chi connectivity index (χ1v) is 3.64. The number of anilines is 1. The van der Waals surface area contributed by atoms with Crippen molar-refractivity contribution in [1.82, 2.24) is 4.98 Å². The highest BCUT2D eigenvalue weighted by molar-refractivity contribution is 9.10. The number of nitrogens with zero attached hydrogens (tertiary/aromatic N) is 1. The van der Waals surface area contributed by atoms with Crippen LogP contribution in [0.25, 0.3) is 0 Å². The molecular weight excluding hydrogens is 218 g/mol. The van der Waals surface area contributed by atoms with E-state index in [4.69, 9.17) is 0 Å². The Morgan fingerprint density at radius 3 is 2.64 bits per heavy atom. The Morgan fingerprint density at radius 1 is 1.45 bits per heavy atom. The largest absolute Gasteiger partial charge is 0.314 e. The number of nitrogens with one attached hydrogen (secondary N) is 1. The van der Waals surface area contributed by atoms with Crippen LogP contribution < -0.4 is 5.32 Å². The van der Waals surface area contributed by atoms with Crippen molar-refractivity contribution in [2.75, 3.05) is 5.32 Å². The zero-order valence-electron chi connectivity index (χ0n) is 5.39. The van der Waals surface area contributed by atoms with E-state index in [1.54, 1.807) is 6.07 Å². The van der Waals surface area contributed by atoms with Crippen LogP contribution in [0.5, 0.6) is 0 Å². The first-order chi connectivity index (χ1) is 5.18. The van der Waals surface area contributed by atoms with Crippen molar-refractivity contribution in [1.29, 1.82) is 0 Å². The normalized spacial score (nSPS) is 10.2. The maximum absolute atomic E-state index is 11.7. The summed E-state index contributed by atoms with van der Waals surface area (Å²) in [6.45, 7) is -2.57. The molecule has 1 heterocycles. The molecule has 0 unspecified atom stereocenters. The lowest BCUT2D eigenvalue weighted by Gasteiger charge is -2.01. The van der Waals surface area contributed by atoms with Gasteiger partial charge in [-0.2, -0.15) is 8.78 Å². The quantitative estimate of drug-likeness (QED) is 0.779. The zero-order chi connectivity index (χ0) is 8.27. The minimum atomic E-state index is -2.57. The second kappa shape index (κ2) is 3.61. The maximum Gasteiger partial charge on any atom is 0.314 e. The van der Waals surface area contributed by atoms with Crippen molar-refractivity contribution in [2.24, 2.45) is 0 Å². The fraction of sp³-hybridized carbons (Fsp3) is 0.167. The van der Waals surface area contributed by atoms with Crippen LogP contribution in [0.2, 0.25) is 0 Å². The number of hydrogen-bond acceptors (Lipinski definition) is 2. The van der Waals surface area contributed by atoms with Gasteiger partial charge in [0.15, 0.2) is 0 Å². The first kappa shape index (κ1) is 8.39. The molecule has 0 aromatic carbocycles. The Bertz CT molecular complexity index is 225. The molecule has 0 saturated heterocycles. The Kier molecular flexibility index (Phi) is 2.76. The molecule has 0 saturated carbocycles. The first-order valence-electron chi connectivity index (χ1n) is 2.85. The van der Waals surface area contributed by atoms with Crippen LogP contribution in [-0.4, -0.2) is 11.5 Å². The van der Waals surface area contributed by atoms with Crippen molar-refractivity contribution in [2.45, 2.75) is 6.55 Å². The van der Waals surface area contributed by atoms with Gasteiger partial charge < -0.3 is 5.32 Å². The Balaban J connectivity index is 2.66. The molecule has 0 bridgehead atoms. The molecule has 2 nitrogen and oxygen atoms in total. The van der Waals surface area contributed by atoms with Crippen LogP contribution >= 0.6 is 15.9 Å². The highest BCUT2D eigenvalue weighted by Crippen LogP contribution is 2.11. The third-order valence-corrected chi connectivity index (χ3v) is 1.45. The van der Waals surface area contributed by atoms with Crippen LogP contribution in [-0.2, 0) is 0 Å². The van der Waals surface area contributed by atoms with Gasteiger partial charge in [-0.05, 0) is 28.1 Å². The lowest BCUT2D eigenvalue weighted by Crippen LogP contribution is -2.07. The van der Waals surface area contributed by atoms with E-state index in [1.165, 1.54) is 12.3 Å². The van der Waals surface area contributed by atoms with Gasteiger partial charge in [-0.25, -0.2) is 4.98 Å². The molecule has 0 fully saturated rings. The van der Waals surface area contributed by atoms with E-state index in [0.717, 1.165) is 4.47 Å². The Morgan fingerprint density at radius 2 is 2.18 bits per heavy atom. The van der Waals surface area contributed by atoms with Gasteiger partial charge in [-0.3, -0.25) is 0 Å². The molecule has 5 heteroatoms. The number of alkyl halides is 2. The van der Waals surface area contributed by atoms with E-state index in [0.29, 0.717) is 0 Å². The monoisotopic (exact) mass is 222 g/mol. The van der Waals surface area contributed by atoms with Gasteiger partial charge >= 0.3 is 6.55 Å². The molecule has 1 aromatic heterocycles. The van der Waals surface area contributed by atoms with Crippen LogP contribution in [0.3, 0.4) is 0 Å². The fourth-order valence-electron chi connectivity index (χ4n) is 0.573. The van der Waals surface area contributed by atoms with Gasteiger partial charge in [0.05, 0.1) is 0 Å². The average Bonchev–Trinajstić information content (AvgIpc) is 1.93. The number of halogens is 3. The van der Waals surface area contributed by atoms with Gasteiger partial charge in [0.2, 0.25) is 0 Å². The zero-order valence-corrected chi connectivity index (χ0v) is 6.98. The average molecular weight is 223 g/mol. The molecule has 0 amide bonds. The van der Waals surface area contributed by atoms with Crippen molar-refractivity contribution >= 4 is 21.7 Å². The molecule has 1 rings (SSSR count). The number of pyridine rings is 1. The molecule has 0 aliphatic rings. The van der Waals surface area contributed by atoms with Crippen LogP contribution in [0.15, 0.2) is 22.8 Å². The van der Waals surface area contributed by atoms with E-state index in [9.17, 15) is 8.78 Å². The minimum Gasteiger partial charge on any atom is -0.314 e. The summed E-state index contributed by atoms with van der Waals surface area (Å²) in [6, 6.07) is 3.11. The lowest BCUT2D eigenvalue weighted by molar-refractivity contribution is 0.181. The Hall–Kier alpha value is -0.710. The molecule has 0 atom stereocenters. The summed E-state index contributed by atoms with van der Waals surface area (Å²) in [6.07, 6.45) is 1.45. The molecular formula is C6H5BrF2N2. The fourth-order valence-corrected chi connectivity index (χ4v) is 0.808. The van der Waals surface area contributed by atoms with E-state index in [2.05, 4.69) is 20.9 Å². The smallest absolute Gasteiger partial charge is 0.314 e. The number of hydrogen-bond donors (Lipinski definition) is 1. The summed E-state index contributed by atoms with van der Waals surface area (Å²) < 4.78 is 24.1. The molecule has 11 heavy (non-hydrogen) atoms. The second-order valence-electron chi connectivity index (χ2n) is 1.81. The second-order valence-corrected chi connectivity index (χ2v) is 2.72. The highest BCUT2D eigenvalue weighted by atomic mass is 79.9. The van der Waals surface area contributed by atoms with Crippen molar-refractivity contribution < 1.29 is 8.78 Å². The summed E-state index contributed by atoms with van der Waals surface area (Å²) in [5, 5.41) is 1.87. The van der Waals surface area contributed by atoms with Crippen LogP contribution in [0.4, 0.5) is 14.6 Å². The minimum absolute atomic E-state index is 0.170. The molecule has 1 N–H and O–H groups in total. The van der Waals surface area contributed by atoms with E-state index < -0.39 is 6.55 Å². The third kappa shape index (κ3) is 2.80. The van der Waals surface area contributed by atoms with Gasteiger partial charge in [-0.1, -0.05) is 0 Å². The predicted octanol–water partition coefficient (Wildman–Crippen LogP) is 2.48. The molecule has 60 valence electrons. The maximum atomic E-state index is 11.7. The van der Waals surface area contributed by atoms with Gasteiger partial charge in [0.1, 0.15) is 5.82 Å². The standard InChI is InChI=1S/C6H5BrF2N2/c7-4-1-2-5(10-3-4)11-6(8)9/h1-3,6H,(H,10,11). The Labute approximate surface area is 70.8 Å². The number of rotatable bonds is 2. The van der Waals surface area contributed by atoms with Gasteiger partial charge in [-0.15, -0.1) is 0 Å². The highest BCUT2D eigenvalue weighted by Gasteiger charge is 2.00. The van der Waals surface area contributed by atoms with Gasteiger partial charge in [0, 0.05) is 10.7 Å². The summed E-state index contributed by atoms with van der Waals surface area (Å²) in [5.74, 6) is 0.170. The predicted molar refractivity (Wildman–Crippen MR) is 41.6 cm³/mol. The van der Waals surface area contributed by atoms with Crippen LogP contribution in [0.1, 0.15) is 0 Å². The molecule has 0 radical (unpaired) electrons. The summed E-state index contributed by atoms with van der Waals surface area (Å²) >= 11 is 3.13. The molecule has 0 aliphatic heterocycles. The van der Waals surface area contributed by atoms with E-state index in [-0.39, 0.29) is 5.82 Å². The van der Waals surface area contributed by atoms with E-state index >= 15 is 0 Å². The molecule has 0 aliphatic carbocycles. The molecule has 0 spiro atoms. The topological polar surface area (TPSA) is 24.9 Å². The van der Waals surface area contributed by atoms with Crippen molar-refractivity contribution in [3.05, 3.63) is 22.8 Å². The summed E-state index contributed by atoms with van der Waals surface area (Å²) in [7, 11) is 0. The third-order valence-electron chi connectivity index (χ3n) is 0.984. The van der Waals surface area contributed by atoms with Crippen molar-refractivity contribution in [3.63, 3.8) is 0 Å². The van der Waals surface area contributed by atoms with Crippen molar-refractivity contribution in [3.8, 4) is 0 Å².